The fourth-order valence-corrected chi connectivity index (χ4v) is 3.43. The molecule has 0 radical (unpaired) electrons. The highest BCUT2D eigenvalue weighted by Gasteiger charge is 2.15. The van der Waals surface area contributed by atoms with Gasteiger partial charge in [0.05, 0.1) is 0 Å². The molecule has 0 aromatic carbocycles. The monoisotopic (exact) mass is 452 g/mol. The van der Waals surface area contributed by atoms with Crippen LogP contribution in [0.15, 0.2) is 12.2 Å². The molecule has 0 heterocycles. The van der Waals surface area contributed by atoms with Crippen molar-refractivity contribution in [2.45, 2.75) is 136 Å². The van der Waals surface area contributed by atoms with Crippen molar-refractivity contribution in [3.05, 3.63) is 12.2 Å². The number of hydrogen-bond donors (Lipinski definition) is 2. The summed E-state index contributed by atoms with van der Waals surface area (Å²) in [6, 6.07) is 0. The van der Waals surface area contributed by atoms with Crippen LogP contribution in [0.4, 0.5) is 4.79 Å². The molecule has 2 N–H and O–H groups in total. The first-order valence-corrected chi connectivity index (χ1v) is 13.2. The Kier molecular flexibility index (Phi) is 20.3. The van der Waals surface area contributed by atoms with Gasteiger partial charge >= 0.3 is 6.09 Å². The Morgan fingerprint density at radius 3 is 1.75 bits per heavy atom. The second-order valence-corrected chi connectivity index (χ2v) is 9.82. The van der Waals surface area contributed by atoms with Gasteiger partial charge in [0, 0.05) is 19.5 Å². The molecule has 0 bridgehead atoms. The van der Waals surface area contributed by atoms with Crippen molar-refractivity contribution in [2.24, 2.45) is 0 Å². The number of ether oxygens (including phenoxy) is 1. The van der Waals surface area contributed by atoms with Gasteiger partial charge in [-0.15, -0.1) is 0 Å². The first kappa shape index (κ1) is 30.5. The lowest BCUT2D eigenvalue weighted by Crippen LogP contribution is -2.33. The minimum atomic E-state index is -0.470. The van der Waals surface area contributed by atoms with Gasteiger partial charge in [-0.1, -0.05) is 70.4 Å². The highest BCUT2D eigenvalue weighted by molar-refractivity contribution is 5.75. The fraction of sp³-hybridized carbons (Fsp3) is 0.852. The summed E-state index contributed by atoms with van der Waals surface area (Å²) in [6.07, 6.45) is 23.1. The van der Waals surface area contributed by atoms with E-state index < -0.39 is 5.60 Å². The van der Waals surface area contributed by atoms with Gasteiger partial charge in [-0.05, 0) is 65.7 Å². The molecule has 188 valence electrons. The second-order valence-electron chi connectivity index (χ2n) is 9.82. The number of unbranched alkanes of at least 4 members (excludes halogenated alkanes) is 12. The highest BCUT2D eigenvalue weighted by Crippen LogP contribution is 2.10. The Balaban J connectivity index is 3.33. The first-order valence-electron chi connectivity index (χ1n) is 13.2. The second kappa shape index (κ2) is 21.3. The summed E-state index contributed by atoms with van der Waals surface area (Å²) in [5, 5.41) is 5.70. The Hall–Kier alpha value is -1.52. The summed E-state index contributed by atoms with van der Waals surface area (Å²) in [5.41, 5.74) is -0.470. The van der Waals surface area contributed by atoms with Crippen molar-refractivity contribution in [3.8, 4) is 0 Å². The van der Waals surface area contributed by atoms with E-state index in [9.17, 15) is 9.59 Å². The Bertz CT molecular complexity index is 484. The zero-order chi connectivity index (χ0) is 23.9. The number of amides is 2. The molecule has 2 amide bonds. The number of hydrogen-bond acceptors (Lipinski definition) is 3. The van der Waals surface area contributed by atoms with Crippen LogP contribution in [0.25, 0.3) is 0 Å². The molecule has 0 rings (SSSR count). The number of carbonyl (C=O) groups excluding carboxylic acids is 2. The third-order valence-electron chi connectivity index (χ3n) is 5.26. The summed E-state index contributed by atoms with van der Waals surface area (Å²) in [5.74, 6) is 0.141. The average Bonchev–Trinajstić information content (AvgIpc) is 2.72. The molecule has 0 aliphatic heterocycles. The van der Waals surface area contributed by atoms with E-state index in [-0.39, 0.29) is 12.0 Å². The maximum Gasteiger partial charge on any atom is 0.407 e. The Labute approximate surface area is 198 Å². The molecule has 0 unspecified atom stereocenters. The van der Waals surface area contributed by atoms with E-state index in [2.05, 4.69) is 29.7 Å². The standard InChI is InChI=1S/C27H52N2O3/c1-5-6-7-8-9-10-11-12-13-14-15-16-17-18-19-22-25(30)28-23-20-21-24-29-26(31)32-27(2,3)4/h12-13H,5-11,14-24H2,1-4H3,(H,28,30)(H,29,31)/b13-12-. The first-order chi connectivity index (χ1) is 15.3. The molecule has 5 nitrogen and oxygen atoms in total. The highest BCUT2D eigenvalue weighted by atomic mass is 16.6. The van der Waals surface area contributed by atoms with Crippen LogP contribution < -0.4 is 10.6 Å². The number of alkyl carbamates (subject to hydrolysis) is 1. The van der Waals surface area contributed by atoms with E-state index in [0.717, 1.165) is 25.7 Å². The molecular formula is C27H52N2O3. The van der Waals surface area contributed by atoms with Crippen molar-refractivity contribution < 1.29 is 14.3 Å². The van der Waals surface area contributed by atoms with E-state index in [1.165, 1.54) is 70.6 Å². The van der Waals surface area contributed by atoms with Gasteiger partial charge in [-0.3, -0.25) is 4.79 Å². The predicted octanol–water partition coefficient (Wildman–Crippen LogP) is 7.45. The molecule has 0 aliphatic rings. The smallest absolute Gasteiger partial charge is 0.407 e. The zero-order valence-electron chi connectivity index (χ0n) is 21.6. The van der Waals surface area contributed by atoms with Gasteiger partial charge in [0.25, 0.3) is 0 Å². The lowest BCUT2D eigenvalue weighted by Gasteiger charge is -2.19. The van der Waals surface area contributed by atoms with Crippen molar-refractivity contribution in [3.63, 3.8) is 0 Å². The molecule has 0 spiro atoms. The predicted molar refractivity (Wildman–Crippen MR) is 136 cm³/mol. The van der Waals surface area contributed by atoms with E-state index >= 15 is 0 Å². The largest absolute Gasteiger partial charge is 0.444 e. The molecule has 0 aromatic rings. The topological polar surface area (TPSA) is 67.4 Å². The van der Waals surface area contributed by atoms with Crippen LogP contribution >= 0.6 is 0 Å². The molecule has 32 heavy (non-hydrogen) atoms. The molecule has 0 saturated carbocycles. The quantitative estimate of drug-likeness (QED) is 0.149. The van der Waals surface area contributed by atoms with Crippen LogP contribution in [0.1, 0.15) is 130 Å². The van der Waals surface area contributed by atoms with E-state index in [0.29, 0.717) is 19.5 Å². The van der Waals surface area contributed by atoms with Crippen molar-refractivity contribution in [2.75, 3.05) is 13.1 Å². The van der Waals surface area contributed by atoms with Crippen LogP contribution in [-0.4, -0.2) is 30.7 Å². The zero-order valence-corrected chi connectivity index (χ0v) is 21.6. The number of allylic oxidation sites excluding steroid dienone is 2. The van der Waals surface area contributed by atoms with Gasteiger partial charge in [-0.25, -0.2) is 4.79 Å². The molecule has 0 atom stereocenters. The molecule has 0 aliphatic carbocycles. The van der Waals surface area contributed by atoms with E-state index in [1.54, 1.807) is 0 Å². The average molecular weight is 453 g/mol. The van der Waals surface area contributed by atoms with Gasteiger partial charge in [0.15, 0.2) is 0 Å². The Morgan fingerprint density at radius 1 is 0.688 bits per heavy atom. The van der Waals surface area contributed by atoms with Gasteiger partial charge < -0.3 is 15.4 Å². The summed E-state index contributed by atoms with van der Waals surface area (Å²) < 4.78 is 5.18. The lowest BCUT2D eigenvalue weighted by molar-refractivity contribution is -0.121. The van der Waals surface area contributed by atoms with Crippen LogP contribution in [0.5, 0.6) is 0 Å². The minimum Gasteiger partial charge on any atom is -0.444 e. The fourth-order valence-electron chi connectivity index (χ4n) is 3.43. The number of carbonyl (C=O) groups is 2. The third-order valence-corrected chi connectivity index (χ3v) is 5.26. The number of nitrogens with one attached hydrogen (secondary N) is 2. The van der Waals surface area contributed by atoms with Gasteiger partial charge in [-0.2, -0.15) is 0 Å². The minimum absolute atomic E-state index is 0.141. The third kappa shape index (κ3) is 24.7. The summed E-state index contributed by atoms with van der Waals surface area (Å²) >= 11 is 0. The van der Waals surface area contributed by atoms with E-state index in [1.807, 2.05) is 20.8 Å². The molecular weight excluding hydrogens is 400 g/mol. The molecule has 0 aromatic heterocycles. The Morgan fingerprint density at radius 2 is 1.19 bits per heavy atom. The maximum atomic E-state index is 11.9. The van der Waals surface area contributed by atoms with Crippen molar-refractivity contribution >= 4 is 12.0 Å². The summed E-state index contributed by atoms with van der Waals surface area (Å²) in [6.45, 7) is 9.04. The molecule has 0 saturated heterocycles. The lowest BCUT2D eigenvalue weighted by atomic mass is 10.1. The van der Waals surface area contributed by atoms with Crippen molar-refractivity contribution in [1.82, 2.24) is 10.6 Å². The normalized spacial score (nSPS) is 11.6. The van der Waals surface area contributed by atoms with Crippen LogP contribution in [0.3, 0.4) is 0 Å². The van der Waals surface area contributed by atoms with Gasteiger partial charge in [0.2, 0.25) is 5.91 Å². The van der Waals surface area contributed by atoms with Crippen LogP contribution in [0, 0.1) is 0 Å². The van der Waals surface area contributed by atoms with Gasteiger partial charge in [0.1, 0.15) is 5.60 Å². The van der Waals surface area contributed by atoms with E-state index in [4.69, 9.17) is 4.74 Å². The summed E-state index contributed by atoms with van der Waals surface area (Å²) in [7, 11) is 0. The number of rotatable bonds is 20. The molecule has 5 heteroatoms. The van der Waals surface area contributed by atoms with Crippen LogP contribution in [0.2, 0.25) is 0 Å². The molecule has 0 fully saturated rings. The van der Waals surface area contributed by atoms with Crippen molar-refractivity contribution in [1.29, 1.82) is 0 Å². The summed E-state index contributed by atoms with van der Waals surface area (Å²) in [4.78, 5) is 23.4. The van der Waals surface area contributed by atoms with Crippen LogP contribution in [-0.2, 0) is 9.53 Å². The SMILES string of the molecule is CCCCCCCC/C=C\CCCCCCCC(=O)NCCCCNC(=O)OC(C)(C)C. The maximum absolute atomic E-state index is 11.9.